The molecule has 1 aromatic carbocycles. The van der Waals surface area contributed by atoms with Gasteiger partial charge in [-0.3, -0.25) is 24.3 Å². The molecule has 0 spiro atoms. The first-order valence-corrected chi connectivity index (χ1v) is 9.35. The van der Waals surface area contributed by atoms with Crippen LogP contribution < -0.4 is 9.47 Å². The highest BCUT2D eigenvalue weighted by Crippen LogP contribution is 2.29. The van der Waals surface area contributed by atoms with Crippen molar-refractivity contribution in [2.75, 3.05) is 27.3 Å². The van der Waals surface area contributed by atoms with Crippen LogP contribution in [0.2, 0.25) is 0 Å². The maximum absolute atomic E-state index is 12.8. The second-order valence-electron chi connectivity index (χ2n) is 7.03. The normalized spacial score (nSPS) is 18.2. The number of rotatable bonds is 5. The van der Waals surface area contributed by atoms with Gasteiger partial charge in [0.15, 0.2) is 11.5 Å². The summed E-state index contributed by atoms with van der Waals surface area (Å²) in [6.45, 7) is 0.829. The fourth-order valence-electron chi connectivity index (χ4n) is 3.87. The summed E-state index contributed by atoms with van der Waals surface area (Å²) in [7, 11) is 3.10. The van der Waals surface area contributed by atoms with Gasteiger partial charge in [0.1, 0.15) is 5.69 Å². The van der Waals surface area contributed by atoms with E-state index in [-0.39, 0.29) is 35.9 Å². The van der Waals surface area contributed by atoms with Gasteiger partial charge in [0, 0.05) is 19.3 Å². The summed E-state index contributed by atoms with van der Waals surface area (Å²) in [6, 6.07) is 8.28. The number of fused-ring (bicyclic) bond motifs is 1. The van der Waals surface area contributed by atoms with E-state index in [0.717, 1.165) is 5.56 Å². The molecule has 4 rings (SSSR count). The third-order valence-corrected chi connectivity index (χ3v) is 5.36. The first-order chi connectivity index (χ1) is 14.0. The molecule has 0 aliphatic carbocycles. The lowest BCUT2D eigenvalue weighted by atomic mass is 10.1. The van der Waals surface area contributed by atoms with E-state index in [0.29, 0.717) is 36.6 Å². The highest BCUT2D eigenvalue weighted by molar-refractivity contribution is 6.20. The number of hydrogen-bond donors (Lipinski definition) is 0. The second kappa shape index (κ2) is 7.54. The minimum atomic E-state index is -0.384. The molecule has 2 aliphatic heterocycles. The van der Waals surface area contributed by atoms with Gasteiger partial charge >= 0.3 is 0 Å². The molecule has 1 aromatic heterocycles. The average molecular weight is 395 g/mol. The minimum absolute atomic E-state index is 0.0607. The Hall–Kier alpha value is -3.42. The Labute approximate surface area is 168 Å². The Bertz CT molecular complexity index is 955. The lowest BCUT2D eigenvalue weighted by Crippen LogP contribution is -2.42. The third-order valence-electron chi connectivity index (χ3n) is 5.36. The van der Waals surface area contributed by atoms with Gasteiger partial charge in [0.25, 0.3) is 11.8 Å². The van der Waals surface area contributed by atoms with Crippen LogP contribution in [0.15, 0.2) is 36.5 Å². The molecular formula is C21H21N3O5. The number of methoxy groups -OCH3 is 2. The van der Waals surface area contributed by atoms with Crippen LogP contribution in [0.1, 0.15) is 32.8 Å². The number of carbonyl (C=O) groups is 3. The second-order valence-corrected chi connectivity index (χ2v) is 7.03. The summed E-state index contributed by atoms with van der Waals surface area (Å²) >= 11 is 0. The van der Waals surface area contributed by atoms with E-state index in [1.807, 2.05) is 6.07 Å². The number of hydrogen-bond acceptors (Lipinski definition) is 6. The zero-order valence-electron chi connectivity index (χ0n) is 16.3. The highest BCUT2D eigenvalue weighted by Gasteiger charge is 2.43. The lowest BCUT2D eigenvalue weighted by molar-refractivity contribution is -0.129. The van der Waals surface area contributed by atoms with Crippen LogP contribution in [0, 0.1) is 0 Å². The van der Waals surface area contributed by atoms with Crippen molar-refractivity contribution in [1.29, 1.82) is 0 Å². The maximum atomic E-state index is 12.8. The molecule has 0 N–H and O–H groups in total. The van der Waals surface area contributed by atoms with Gasteiger partial charge in [-0.25, -0.2) is 0 Å². The van der Waals surface area contributed by atoms with Crippen molar-refractivity contribution in [3.63, 3.8) is 0 Å². The summed E-state index contributed by atoms with van der Waals surface area (Å²) in [6.07, 6.45) is 2.26. The van der Waals surface area contributed by atoms with Crippen LogP contribution in [0.3, 0.4) is 0 Å². The zero-order valence-corrected chi connectivity index (χ0v) is 16.3. The summed E-state index contributed by atoms with van der Waals surface area (Å²) in [5.41, 5.74) is 1.32. The molecule has 0 radical (unpaired) electrons. The molecule has 1 fully saturated rings. The first kappa shape index (κ1) is 18.9. The van der Waals surface area contributed by atoms with Gasteiger partial charge in [-0.2, -0.15) is 0 Å². The van der Waals surface area contributed by atoms with E-state index >= 15 is 0 Å². The maximum Gasteiger partial charge on any atom is 0.280 e. The van der Waals surface area contributed by atoms with E-state index in [1.54, 1.807) is 43.4 Å². The van der Waals surface area contributed by atoms with Crippen LogP contribution in [-0.4, -0.2) is 65.9 Å². The quantitative estimate of drug-likeness (QED) is 0.714. The van der Waals surface area contributed by atoms with Crippen molar-refractivity contribution in [2.24, 2.45) is 0 Å². The van der Waals surface area contributed by atoms with Gasteiger partial charge in [-0.15, -0.1) is 0 Å². The van der Waals surface area contributed by atoms with Gasteiger partial charge < -0.3 is 14.4 Å². The molecule has 3 heterocycles. The Morgan fingerprint density at radius 2 is 1.93 bits per heavy atom. The van der Waals surface area contributed by atoms with Crippen molar-refractivity contribution in [2.45, 2.75) is 18.9 Å². The molecule has 29 heavy (non-hydrogen) atoms. The topological polar surface area (TPSA) is 89.0 Å². The molecule has 3 amide bonds. The molecule has 0 bridgehead atoms. The fourth-order valence-corrected chi connectivity index (χ4v) is 3.87. The fraction of sp³-hybridized carbons (Fsp3) is 0.333. The van der Waals surface area contributed by atoms with Crippen molar-refractivity contribution in [1.82, 2.24) is 14.8 Å². The summed E-state index contributed by atoms with van der Waals surface area (Å²) in [5, 5.41) is 0. The van der Waals surface area contributed by atoms with Crippen LogP contribution in [-0.2, 0) is 11.2 Å². The van der Waals surface area contributed by atoms with E-state index in [4.69, 9.17) is 9.47 Å². The number of ether oxygens (including phenoxy) is 2. The smallest absolute Gasteiger partial charge is 0.280 e. The molecule has 150 valence electrons. The number of nitrogens with zero attached hydrogens (tertiary/aromatic N) is 3. The molecular weight excluding hydrogens is 374 g/mol. The van der Waals surface area contributed by atoms with E-state index in [2.05, 4.69) is 4.98 Å². The first-order valence-electron chi connectivity index (χ1n) is 9.35. The van der Waals surface area contributed by atoms with Crippen molar-refractivity contribution < 1.29 is 23.9 Å². The Balaban J connectivity index is 1.43. The van der Waals surface area contributed by atoms with Crippen LogP contribution in [0.5, 0.6) is 11.5 Å². The van der Waals surface area contributed by atoms with Crippen molar-refractivity contribution in [3.8, 4) is 11.5 Å². The van der Waals surface area contributed by atoms with Crippen molar-refractivity contribution >= 4 is 17.7 Å². The summed E-state index contributed by atoms with van der Waals surface area (Å²) in [5.74, 6) is 0.385. The molecule has 8 heteroatoms. The number of likely N-dealkylation sites (tertiary alicyclic amines) is 1. The largest absolute Gasteiger partial charge is 0.493 e. The van der Waals surface area contributed by atoms with E-state index in [9.17, 15) is 14.4 Å². The summed E-state index contributed by atoms with van der Waals surface area (Å²) in [4.78, 5) is 45.0. The number of amides is 3. The molecule has 8 nitrogen and oxygen atoms in total. The Morgan fingerprint density at radius 1 is 1.14 bits per heavy atom. The number of carbonyl (C=O) groups excluding carboxylic acids is 3. The predicted molar refractivity (Wildman–Crippen MR) is 103 cm³/mol. The number of imide groups is 1. The molecule has 1 atom stereocenters. The number of aromatic nitrogens is 1. The van der Waals surface area contributed by atoms with Crippen LogP contribution in [0.4, 0.5) is 0 Å². The Morgan fingerprint density at radius 3 is 2.66 bits per heavy atom. The van der Waals surface area contributed by atoms with Crippen molar-refractivity contribution in [3.05, 3.63) is 53.3 Å². The zero-order chi connectivity index (χ0) is 20.5. The monoisotopic (exact) mass is 395 g/mol. The predicted octanol–water partition coefficient (Wildman–Crippen LogP) is 1.54. The molecule has 2 aromatic rings. The number of benzene rings is 1. The molecule has 2 aliphatic rings. The third kappa shape index (κ3) is 3.30. The average Bonchev–Trinajstić information content (AvgIpc) is 3.31. The van der Waals surface area contributed by atoms with Crippen LogP contribution in [0.25, 0.3) is 0 Å². The lowest BCUT2D eigenvalue weighted by Gasteiger charge is -2.22. The molecule has 0 saturated carbocycles. The van der Waals surface area contributed by atoms with E-state index in [1.165, 1.54) is 11.1 Å². The van der Waals surface area contributed by atoms with Gasteiger partial charge in [0.2, 0.25) is 5.91 Å². The highest BCUT2D eigenvalue weighted by atomic mass is 16.5. The van der Waals surface area contributed by atoms with Gasteiger partial charge in [-0.05, 0) is 36.2 Å². The SMILES string of the molecule is COc1ccc(CC(=O)N2CCC(N3C(=O)c4cccnc4C3=O)C2)cc1OC. The number of pyridine rings is 1. The molecule has 1 saturated heterocycles. The Kier molecular flexibility index (Phi) is 4.92. The van der Waals surface area contributed by atoms with E-state index < -0.39 is 0 Å². The van der Waals surface area contributed by atoms with Crippen LogP contribution >= 0.6 is 0 Å². The standard InChI is InChI=1S/C21H21N3O5/c1-28-16-6-5-13(10-17(16)29-2)11-18(25)23-9-7-14(12-23)24-20(26)15-4-3-8-22-19(15)21(24)27/h3-6,8,10,14H,7,9,11-12H2,1-2H3. The van der Waals surface area contributed by atoms with Gasteiger partial charge in [-0.1, -0.05) is 6.07 Å². The summed E-state index contributed by atoms with van der Waals surface area (Å²) < 4.78 is 10.5. The minimum Gasteiger partial charge on any atom is -0.493 e. The van der Waals surface area contributed by atoms with Gasteiger partial charge in [0.05, 0.1) is 32.2 Å². The molecule has 1 unspecified atom stereocenters.